The van der Waals surface area contributed by atoms with Crippen LogP contribution < -0.4 is 10.5 Å². The summed E-state index contributed by atoms with van der Waals surface area (Å²) in [6.45, 7) is -0.184. The first-order chi connectivity index (χ1) is 9.86. The van der Waals surface area contributed by atoms with E-state index >= 15 is 0 Å². The topological polar surface area (TPSA) is 86.5 Å². The Balaban J connectivity index is 2.26. The molecule has 1 amide bonds. The molecule has 2 aromatic rings. The molecule has 0 radical (unpaired) electrons. The molecule has 0 heterocycles. The third kappa shape index (κ3) is 4.06. The van der Waals surface area contributed by atoms with Crippen LogP contribution in [0.15, 0.2) is 53.4 Å². The Kier molecular flexibility index (Phi) is 4.28. The van der Waals surface area contributed by atoms with Gasteiger partial charge in [-0.2, -0.15) is 0 Å². The lowest BCUT2D eigenvalue weighted by Gasteiger charge is -2.07. The molecule has 21 heavy (non-hydrogen) atoms. The van der Waals surface area contributed by atoms with Gasteiger partial charge in [0.05, 0.1) is 4.90 Å². The molecule has 0 aliphatic rings. The van der Waals surface area contributed by atoms with Crippen LogP contribution >= 0.6 is 0 Å². The van der Waals surface area contributed by atoms with Gasteiger partial charge in [0.25, 0.3) is 5.91 Å². The summed E-state index contributed by atoms with van der Waals surface area (Å²) in [5, 5.41) is 0. The van der Waals surface area contributed by atoms with E-state index in [2.05, 4.69) is 0 Å². The molecule has 2 N–H and O–H groups in total. The van der Waals surface area contributed by atoms with Crippen LogP contribution in [-0.2, 0) is 14.6 Å². The Morgan fingerprint density at radius 1 is 1.10 bits per heavy atom. The Bertz CT molecular complexity index is 751. The molecular weight excluding hydrogens is 290 g/mol. The minimum absolute atomic E-state index is 0.184. The number of carbonyl (C=O) groups excluding carboxylic acids is 1. The number of rotatable bonds is 5. The van der Waals surface area contributed by atoms with Gasteiger partial charge in [0.15, 0.2) is 16.4 Å². The highest BCUT2D eigenvalue weighted by atomic mass is 32.2. The van der Waals surface area contributed by atoms with Gasteiger partial charge in [-0.3, -0.25) is 4.79 Å². The second-order valence-corrected chi connectivity index (χ2v) is 6.60. The molecule has 0 aliphatic heterocycles. The number of nitrogens with two attached hydrogens (primary N) is 1. The Morgan fingerprint density at radius 2 is 1.76 bits per heavy atom. The fourth-order valence-electron chi connectivity index (χ4n) is 1.81. The van der Waals surface area contributed by atoms with Crippen molar-refractivity contribution in [3.8, 4) is 16.9 Å². The average Bonchev–Trinajstić information content (AvgIpc) is 2.45. The van der Waals surface area contributed by atoms with Crippen molar-refractivity contribution in [2.75, 3.05) is 12.9 Å². The van der Waals surface area contributed by atoms with Crippen molar-refractivity contribution in [3.05, 3.63) is 48.5 Å². The monoisotopic (exact) mass is 305 g/mol. The number of ether oxygens (including phenoxy) is 1. The van der Waals surface area contributed by atoms with E-state index in [0.29, 0.717) is 5.75 Å². The molecule has 0 aromatic heterocycles. The molecule has 110 valence electrons. The first-order valence-electron chi connectivity index (χ1n) is 6.18. The minimum atomic E-state index is -3.20. The maximum absolute atomic E-state index is 11.4. The maximum Gasteiger partial charge on any atom is 0.255 e. The van der Waals surface area contributed by atoms with Crippen LogP contribution in [0.2, 0.25) is 0 Å². The number of hydrogen-bond acceptors (Lipinski definition) is 4. The summed E-state index contributed by atoms with van der Waals surface area (Å²) in [6.07, 6.45) is 1.17. The summed E-state index contributed by atoms with van der Waals surface area (Å²) in [5.41, 5.74) is 6.74. The van der Waals surface area contributed by atoms with Gasteiger partial charge in [-0.25, -0.2) is 8.42 Å². The van der Waals surface area contributed by atoms with Crippen molar-refractivity contribution >= 4 is 15.7 Å². The fourth-order valence-corrected chi connectivity index (χ4v) is 2.44. The highest BCUT2D eigenvalue weighted by molar-refractivity contribution is 7.90. The molecule has 5 nitrogen and oxygen atoms in total. The predicted molar refractivity (Wildman–Crippen MR) is 79.7 cm³/mol. The van der Waals surface area contributed by atoms with E-state index < -0.39 is 15.7 Å². The van der Waals surface area contributed by atoms with Crippen molar-refractivity contribution < 1.29 is 17.9 Å². The average molecular weight is 305 g/mol. The zero-order valence-corrected chi connectivity index (χ0v) is 12.3. The van der Waals surface area contributed by atoms with Gasteiger partial charge in [0.1, 0.15) is 5.75 Å². The zero-order chi connectivity index (χ0) is 15.5. The van der Waals surface area contributed by atoms with Gasteiger partial charge >= 0.3 is 0 Å². The zero-order valence-electron chi connectivity index (χ0n) is 11.4. The first kappa shape index (κ1) is 15.1. The van der Waals surface area contributed by atoms with Crippen LogP contribution in [0.3, 0.4) is 0 Å². The van der Waals surface area contributed by atoms with Crippen molar-refractivity contribution in [1.29, 1.82) is 0 Å². The van der Waals surface area contributed by atoms with Gasteiger partial charge in [-0.1, -0.05) is 24.3 Å². The molecule has 6 heteroatoms. The summed E-state index contributed by atoms with van der Waals surface area (Å²) < 4.78 is 28.1. The predicted octanol–water partition coefficient (Wildman–Crippen LogP) is 1.62. The molecule has 0 saturated carbocycles. The van der Waals surface area contributed by atoms with Crippen molar-refractivity contribution in [2.24, 2.45) is 5.73 Å². The van der Waals surface area contributed by atoms with Crippen LogP contribution in [-0.4, -0.2) is 27.2 Å². The molecule has 0 fully saturated rings. The van der Waals surface area contributed by atoms with Gasteiger partial charge in [0, 0.05) is 6.26 Å². The molecule has 0 spiro atoms. The van der Waals surface area contributed by atoms with Crippen molar-refractivity contribution in [1.82, 2.24) is 0 Å². The second-order valence-electron chi connectivity index (χ2n) is 4.58. The van der Waals surface area contributed by atoms with E-state index in [9.17, 15) is 13.2 Å². The van der Waals surface area contributed by atoms with Crippen LogP contribution in [0.1, 0.15) is 0 Å². The standard InChI is InChI=1S/C15H15NO4S/c1-21(18,19)14-7-5-11(6-8-14)12-3-2-4-13(9-12)20-10-15(16)17/h2-9H,10H2,1H3,(H2,16,17). The highest BCUT2D eigenvalue weighted by Crippen LogP contribution is 2.25. The van der Waals surface area contributed by atoms with E-state index in [4.69, 9.17) is 10.5 Å². The quantitative estimate of drug-likeness (QED) is 0.909. The van der Waals surface area contributed by atoms with Gasteiger partial charge in [-0.05, 0) is 35.4 Å². The molecule has 2 aromatic carbocycles. The van der Waals surface area contributed by atoms with Crippen molar-refractivity contribution in [2.45, 2.75) is 4.90 Å². The van der Waals surface area contributed by atoms with Gasteiger partial charge < -0.3 is 10.5 Å². The van der Waals surface area contributed by atoms with E-state index in [1.807, 2.05) is 6.07 Å². The number of benzene rings is 2. The van der Waals surface area contributed by atoms with Crippen LogP contribution in [0.25, 0.3) is 11.1 Å². The number of amides is 1. The number of carbonyl (C=O) groups is 1. The molecule has 2 rings (SSSR count). The van der Waals surface area contributed by atoms with Gasteiger partial charge in [0.2, 0.25) is 0 Å². The normalized spacial score (nSPS) is 11.1. The molecule has 0 aliphatic carbocycles. The number of sulfone groups is 1. The number of primary amides is 1. The lowest BCUT2D eigenvalue weighted by atomic mass is 10.1. The minimum Gasteiger partial charge on any atom is -0.484 e. The van der Waals surface area contributed by atoms with Crippen LogP contribution in [0, 0.1) is 0 Å². The highest BCUT2D eigenvalue weighted by Gasteiger charge is 2.07. The fraction of sp³-hybridized carbons (Fsp3) is 0.133. The van der Waals surface area contributed by atoms with Crippen molar-refractivity contribution in [3.63, 3.8) is 0 Å². The third-order valence-electron chi connectivity index (χ3n) is 2.83. The molecule has 0 atom stereocenters. The lowest BCUT2D eigenvalue weighted by Crippen LogP contribution is -2.19. The largest absolute Gasteiger partial charge is 0.484 e. The summed E-state index contributed by atoms with van der Waals surface area (Å²) in [6, 6.07) is 13.7. The maximum atomic E-state index is 11.4. The summed E-state index contributed by atoms with van der Waals surface area (Å²) in [5.74, 6) is -0.0172. The van der Waals surface area contributed by atoms with E-state index in [1.54, 1.807) is 42.5 Å². The Hall–Kier alpha value is -2.34. The smallest absolute Gasteiger partial charge is 0.255 e. The lowest BCUT2D eigenvalue weighted by molar-refractivity contribution is -0.119. The summed E-state index contributed by atoms with van der Waals surface area (Å²) in [4.78, 5) is 11.0. The van der Waals surface area contributed by atoms with E-state index in [1.165, 1.54) is 6.26 Å². The SMILES string of the molecule is CS(=O)(=O)c1ccc(-c2cccc(OCC(N)=O)c2)cc1. The third-order valence-corrected chi connectivity index (χ3v) is 3.96. The summed E-state index contributed by atoms with van der Waals surface area (Å²) in [7, 11) is -3.20. The first-order valence-corrected chi connectivity index (χ1v) is 8.07. The van der Waals surface area contributed by atoms with E-state index in [-0.39, 0.29) is 11.5 Å². The van der Waals surface area contributed by atoms with Crippen LogP contribution in [0.5, 0.6) is 5.75 Å². The van der Waals surface area contributed by atoms with Crippen LogP contribution in [0.4, 0.5) is 0 Å². The molecule has 0 bridgehead atoms. The Labute approximate surface area is 123 Å². The molecule has 0 unspecified atom stereocenters. The molecular formula is C15H15NO4S. The summed E-state index contributed by atoms with van der Waals surface area (Å²) >= 11 is 0. The number of hydrogen-bond donors (Lipinski definition) is 1. The Morgan fingerprint density at radius 3 is 2.33 bits per heavy atom. The van der Waals surface area contributed by atoms with Gasteiger partial charge in [-0.15, -0.1) is 0 Å². The second kappa shape index (κ2) is 5.97. The van der Waals surface area contributed by atoms with E-state index in [0.717, 1.165) is 11.1 Å². The molecule has 0 saturated heterocycles.